The predicted molar refractivity (Wildman–Crippen MR) is 127 cm³/mol. The summed E-state index contributed by atoms with van der Waals surface area (Å²) in [5.74, 6) is 0.359. The van der Waals surface area contributed by atoms with Gasteiger partial charge in [-0.3, -0.25) is 14.9 Å². The van der Waals surface area contributed by atoms with Crippen LogP contribution in [-0.4, -0.2) is 29.1 Å². The van der Waals surface area contributed by atoms with Crippen LogP contribution in [0, 0.1) is 0 Å². The van der Waals surface area contributed by atoms with E-state index >= 15 is 0 Å². The Labute approximate surface area is 195 Å². The normalized spacial score (nSPS) is 17.2. The van der Waals surface area contributed by atoms with E-state index in [0.717, 1.165) is 5.56 Å². The lowest BCUT2D eigenvalue weighted by Crippen LogP contribution is -2.46. The predicted octanol–water partition coefficient (Wildman–Crippen LogP) is 4.21. The zero-order chi connectivity index (χ0) is 23.3. The van der Waals surface area contributed by atoms with Crippen molar-refractivity contribution in [2.45, 2.75) is 24.0 Å². The van der Waals surface area contributed by atoms with E-state index in [1.165, 1.54) is 11.8 Å². The topological polar surface area (TPSA) is 96.5 Å². The third-order valence-electron chi connectivity index (χ3n) is 5.13. The smallest absolute Gasteiger partial charge is 0.322 e. The van der Waals surface area contributed by atoms with E-state index in [-0.39, 0.29) is 11.8 Å². The van der Waals surface area contributed by atoms with Crippen molar-refractivity contribution in [3.05, 3.63) is 90.0 Å². The summed E-state index contributed by atoms with van der Waals surface area (Å²) in [5, 5.41) is 7.77. The molecule has 0 aromatic heterocycles. The van der Waals surface area contributed by atoms with E-state index < -0.39 is 11.6 Å². The van der Waals surface area contributed by atoms with Gasteiger partial charge in [-0.25, -0.2) is 4.79 Å². The van der Waals surface area contributed by atoms with Crippen molar-refractivity contribution in [2.24, 2.45) is 0 Å². The summed E-state index contributed by atoms with van der Waals surface area (Å²) in [6, 6.07) is 23.7. The van der Waals surface area contributed by atoms with Gasteiger partial charge in [0.25, 0.3) is 11.8 Å². The first-order valence-electron chi connectivity index (χ1n) is 10.4. The number of thioether (sulfide) groups is 1. The summed E-state index contributed by atoms with van der Waals surface area (Å²) in [7, 11) is 0. The number of rotatable bonds is 8. The third-order valence-corrected chi connectivity index (χ3v) is 6.51. The molecule has 8 heteroatoms. The maximum atomic E-state index is 12.9. The highest BCUT2D eigenvalue weighted by atomic mass is 32.2. The lowest BCUT2D eigenvalue weighted by Gasteiger charge is -2.20. The molecule has 3 aromatic carbocycles. The lowest BCUT2D eigenvalue weighted by molar-refractivity contribution is -0.122. The average molecular weight is 462 g/mol. The van der Waals surface area contributed by atoms with E-state index in [0.29, 0.717) is 34.3 Å². The number of benzene rings is 3. The molecular formula is C25H23N3O4S. The molecule has 0 aliphatic carbocycles. The third kappa shape index (κ3) is 5.53. The molecule has 0 bridgehead atoms. The number of hydrogen-bond acceptors (Lipinski definition) is 5. The summed E-state index contributed by atoms with van der Waals surface area (Å²) < 4.78 is 5.78. The Morgan fingerprint density at radius 1 is 0.970 bits per heavy atom. The molecule has 1 fully saturated rings. The van der Waals surface area contributed by atoms with Gasteiger partial charge in [0.15, 0.2) is 0 Å². The van der Waals surface area contributed by atoms with Gasteiger partial charge in [-0.2, -0.15) is 0 Å². The van der Waals surface area contributed by atoms with Gasteiger partial charge in [-0.05, 0) is 48.9 Å². The minimum atomic E-state index is -1.03. The quantitative estimate of drug-likeness (QED) is 0.345. The van der Waals surface area contributed by atoms with Crippen LogP contribution in [0.25, 0.3) is 0 Å². The largest absolute Gasteiger partial charge is 0.489 e. The molecule has 3 N–H and O–H groups in total. The summed E-state index contributed by atoms with van der Waals surface area (Å²) in [6.45, 7) is 2.12. The Morgan fingerprint density at radius 3 is 2.36 bits per heavy atom. The zero-order valence-corrected chi connectivity index (χ0v) is 18.8. The van der Waals surface area contributed by atoms with E-state index in [4.69, 9.17) is 4.74 Å². The molecule has 0 radical (unpaired) electrons. The molecule has 168 valence electrons. The minimum absolute atomic E-state index is 0.263. The van der Waals surface area contributed by atoms with E-state index in [1.807, 2.05) is 42.5 Å². The second-order valence-electron chi connectivity index (χ2n) is 7.78. The Hall–Kier alpha value is -3.78. The van der Waals surface area contributed by atoms with Crippen molar-refractivity contribution in [3.8, 4) is 5.75 Å². The van der Waals surface area contributed by atoms with Crippen LogP contribution in [-0.2, 0) is 11.4 Å². The standard InChI is InChI=1S/C25H23N3O4S/c1-25(23(30)27-24(31)28-25)16-33-21-10-6-5-9-20(21)22(29)26-18-11-13-19(14-12-18)32-15-17-7-3-2-4-8-17/h2-14H,15-16H2,1H3,(H,26,29)(H2,27,28,30,31)/t25-/m0/s1. The highest BCUT2D eigenvalue weighted by molar-refractivity contribution is 7.99. The first kappa shape index (κ1) is 22.4. The monoisotopic (exact) mass is 461 g/mol. The first-order chi connectivity index (χ1) is 15.9. The maximum Gasteiger partial charge on any atom is 0.322 e. The van der Waals surface area contributed by atoms with Gasteiger partial charge in [-0.1, -0.05) is 42.5 Å². The molecular weight excluding hydrogens is 438 g/mol. The molecule has 0 unspecified atom stereocenters. The molecule has 33 heavy (non-hydrogen) atoms. The number of imide groups is 1. The van der Waals surface area contributed by atoms with Gasteiger partial charge >= 0.3 is 6.03 Å². The summed E-state index contributed by atoms with van der Waals surface area (Å²) in [5.41, 5.74) is 1.18. The fourth-order valence-electron chi connectivity index (χ4n) is 3.26. The van der Waals surface area contributed by atoms with Crippen molar-refractivity contribution in [3.63, 3.8) is 0 Å². The Kier molecular flexibility index (Phi) is 6.65. The molecule has 4 amide bonds. The van der Waals surface area contributed by atoms with Gasteiger partial charge in [0, 0.05) is 16.3 Å². The van der Waals surface area contributed by atoms with Crippen LogP contribution in [0.1, 0.15) is 22.8 Å². The van der Waals surface area contributed by atoms with Crippen LogP contribution in [0.15, 0.2) is 83.8 Å². The molecule has 0 spiro atoms. The number of carbonyl (C=O) groups excluding carboxylic acids is 3. The second-order valence-corrected chi connectivity index (χ2v) is 8.80. The van der Waals surface area contributed by atoms with Gasteiger partial charge in [0.1, 0.15) is 17.9 Å². The van der Waals surface area contributed by atoms with Gasteiger partial charge in [0.05, 0.1) is 5.56 Å². The summed E-state index contributed by atoms with van der Waals surface area (Å²) >= 11 is 1.34. The second kappa shape index (κ2) is 9.79. The Bertz CT molecular complexity index is 1170. The summed E-state index contributed by atoms with van der Waals surface area (Å²) in [6.07, 6.45) is 0. The van der Waals surface area contributed by atoms with Crippen molar-refractivity contribution < 1.29 is 19.1 Å². The number of ether oxygens (including phenoxy) is 1. The van der Waals surface area contributed by atoms with E-state index in [9.17, 15) is 14.4 Å². The fraction of sp³-hybridized carbons (Fsp3) is 0.160. The van der Waals surface area contributed by atoms with E-state index in [2.05, 4.69) is 16.0 Å². The number of hydrogen-bond donors (Lipinski definition) is 3. The molecule has 1 aliphatic heterocycles. The van der Waals surface area contributed by atoms with Crippen molar-refractivity contribution in [1.82, 2.24) is 10.6 Å². The number of nitrogens with one attached hydrogen (secondary N) is 3. The number of carbonyl (C=O) groups is 3. The number of amides is 4. The Balaban J connectivity index is 1.37. The van der Waals surface area contributed by atoms with Crippen molar-refractivity contribution >= 4 is 35.3 Å². The molecule has 7 nitrogen and oxygen atoms in total. The van der Waals surface area contributed by atoms with Crippen LogP contribution in [0.3, 0.4) is 0 Å². The molecule has 0 saturated carbocycles. The minimum Gasteiger partial charge on any atom is -0.489 e. The average Bonchev–Trinajstić information content (AvgIpc) is 3.09. The number of urea groups is 1. The first-order valence-corrected chi connectivity index (χ1v) is 11.4. The van der Waals surface area contributed by atoms with Crippen LogP contribution in [0.5, 0.6) is 5.75 Å². The SMILES string of the molecule is C[C@@]1(CSc2ccccc2C(=O)Nc2ccc(OCc3ccccc3)cc2)NC(=O)NC1=O. The van der Waals surface area contributed by atoms with Crippen molar-refractivity contribution in [2.75, 3.05) is 11.1 Å². The molecule has 3 aromatic rings. The lowest BCUT2D eigenvalue weighted by atomic mass is 10.1. The van der Waals surface area contributed by atoms with Crippen LogP contribution in [0.4, 0.5) is 10.5 Å². The highest BCUT2D eigenvalue weighted by Crippen LogP contribution is 2.28. The molecule has 1 aliphatic rings. The highest BCUT2D eigenvalue weighted by Gasteiger charge is 2.41. The van der Waals surface area contributed by atoms with Gasteiger partial charge < -0.3 is 15.4 Å². The fourth-order valence-corrected chi connectivity index (χ4v) is 4.40. The summed E-state index contributed by atoms with van der Waals surface area (Å²) in [4.78, 5) is 37.1. The van der Waals surface area contributed by atoms with Crippen molar-refractivity contribution in [1.29, 1.82) is 0 Å². The van der Waals surface area contributed by atoms with Gasteiger partial charge in [-0.15, -0.1) is 11.8 Å². The van der Waals surface area contributed by atoms with E-state index in [1.54, 1.807) is 43.3 Å². The van der Waals surface area contributed by atoms with Crippen LogP contribution >= 0.6 is 11.8 Å². The molecule has 1 heterocycles. The molecule has 4 rings (SSSR count). The number of anilines is 1. The van der Waals surface area contributed by atoms with Crippen LogP contribution in [0.2, 0.25) is 0 Å². The Morgan fingerprint density at radius 2 is 1.67 bits per heavy atom. The zero-order valence-electron chi connectivity index (χ0n) is 18.0. The molecule has 1 saturated heterocycles. The molecule has 1 atom stereocenters. The maximum absolute atomic E-state index is 12.9. The van der Waals surface area contributed by atoms with Gasteiger partial charge in [0.2, 0.25) is 0 Å². The van der Waals surface area contributed by atoms with Crippen LogP contribution < -0.4 is 20.7 Å².